The highest BCUT2D eigenvalue weighted by Gasteiger charge is 2.27. The van der Waals surface area contributed by atoms with Crippen molar-refractivity contribution in [3.8, 4) is 5.75 Å². The highest BCUT2D eigenvalue weighted by atomic mass is 35.5. The van der Waals surface area contributed by atoms with Crippen LogP contribution in [0.2, 0.25) is 5.02 Å². The van der Waals surface area contributed by atoms with E-state index in [4.69, 9.17) is 16.3 Å². The van der Waals surface area contributed by atoms with Crippen molar-refractivity contribution < 1.29 is 17.9 Å². The van der Waals surface area contributed by atoms with E-state index in [9.17, 15) is 13.2 Å². The first-order valence-corrected chi connectivity index (χ1v) is 12.5. The zero-order chi connectivity index (χ0) is 24.0. The summed E-state index contributed by atoms with van der Waals surface area (Å²) < 4.78 is 33.5. The number of benzene rings is 4. The molecule has 0 atom stereocenters. The van der Waals surface area contributed by atoms with E-state index in [1.807, 2.05) is 42.5 Å². The SMILES string of the molecule is O=C(CN(c1ccccc1)S(=O)(=O)c1ccc(Cl)cc1)NCCOc1cccc2ccccc12. The Morgan fingerprint density at radius 2 is 1.53 bits per heavy atom. The Morgan fingerprint density at radius 1 is 0.853 bits per heavy atom. The van der Waals surface area contributed by atoms with Crippen molar-refractivity contribution in [2.24, 2.45) is 0 Å². The smallest absolute Gasteiger partial charge is 0.264 e. The van der Waals surface area contributed by atoms with E-state index in [1.165, 1.54) is 24.3 Å². The third kappa shape index (κ3) is 5.50. The molecule has 0 saturated heterocycles. The molecule has 34 heavy (non-hydrogen) atoms. The van der Waals surface area contributed by atoms with Gasteiger partial charge in [-0.15, -0.1) is 0 Å². The zero-order valence-electron chi connectivity index (χ0n) is 18.2. The maximum Gasteiger partial charge on any atom is 0.264 e. The summed E-state index contributed by atoms with van der Waals surface area (Å²) >= 11 is 5.91. The molecule has 0 saturated carbocycles. The zero-order valence-corrected chi connectivity index (χ0v) is 19.8. The molecule has 0 aromatic heterocycles. The second kappa shape index (κ2) is 10.6. The van der Waals surface area contributed by atoms with Crippen molar-refractivity contribution in [1.82, 2.24) is 5.32 Å². The van der Waals surface area contributed by atoms with Crippen molar-refractivity contribution >= 4 is 44.0 Å². The number of ether oxygens (including phenoxy) is 1. The lowest BCUT2D eigenvalue weighted by molar-refractivity contribution is -0.119. The van der Waals surface area contributed by atoms with Gasteiger partial charge in [0.1, 0.15) is 18.9 Å². The van der Waals surface area contributed by atoms with Crippen molar-refractivity contribution in [2.75, 3.05) is 24.0 Å². The van der Waals surface area contributed by atoms with E-state index < -0.39 is 15.9 Å². The maximum atomic E-state index is 13.3. The molecule has 4 aromatic rings. The van der Waals surface area contributed by atoms with Crippen LogP contribution in [0.4, 0.5) is 5.69 Å². The molecule has 0 aliphatic rings. The van der Waals surface area contributed by atoms with E-state index in [-0.39, 0.29) is 24.6 Å². The molecule has 0 fully saturated rings. The number of carbonyl (C=O) groups is 1. The van der Waals surface area contributed by atoms with Gasteiger partial charge in [-0.1, -0.05) is 66.2 Å². The van der Waals surface area contributed by atoms with Crippen molar-refractivity contribution in [3.63, 3.8) is 0 Å². The van der Waals surface area contributed by atoms with Gasteiger partial charge in [-0.05, 0) is 47.9 Å². The first-order chi connectivity index (χ1) is 16.4. The summed E-state index contributed by atoms with van der Waals surface area (Å²) in [6.07, 6.45) is 0. The molecule has 0 heterocycles. The lowest BCUT2D eigenvalue weighted by Gasteiger charge is -2.24. The van der Waals surface area contributed by atoms with Gasteiger partial charge in [-0.3, -0.25) is 9.10 Å². The molecule has 0 aliphatic heterocycles. The summed E-state index contributed by atoms with van der Waals surface area (Å²) in [6, 6.07) is 28.0. The second-order valence-electron chi connectivity index (χ2n) is 7.48. The van der Waals surface area contributed by atoms with Gasteiger partial charge in [0, 0.05) is 10.4 Å². The van der Waals surface area contributed by atoms with Gasteiger partial charge in [0.05, 0.1) is 17.1 Å². The molecule has 1 N–H and O–H groups in total. The number of hydrogen-bond donors (Lipinski definition) is 1. The number of halogens is 1. The molecule has 0 radical (unpaired) electrons. The molecule has 0 spiro atoms. The topological polar surface area (TPSA) is 75.7 Å². The van der Waals surface area contributed by atoms with E-state index in [0.717, 1.165) is 20.8 Å². The molecule has 8 heteroatoms. The number of sulfonamides is 1. The summed E-state index contributed by atoms with van der Waals surface area (Å²) in [4.78, 5) is 12.7. The van der Waals surface area contributed by atoms with Crippen LogP contribution in [0, 0.1) is 0 Å². The minimum Gasteiger partial charge on any atom is -0.491 e. The largest absolute Gasteiger partial charge is 0.491 e. The number of nitrogens with zero attached hydrogens (tertiary/aromatic N) is 1. The Hall–Kier alpha value is -3.55. The Morgan fingerprint density at radius 3 is 2.29 bits per heavy atom. The average Bonchev–Trinajstić information content (AvgIpc) is 2.86. The number of fused-ring (bicyclic) bond motifs is 1. The Kier molecular flexibility index (Phi) is 7.35. The summed E-state index contributed by atoms with van der Waals surface area (Å²) in [5.74, 6) is 0.284. The number of anilines is 1. The minimum atomic E-state index is -3.98. The number of amides is 1. The number of rotatable bonds is 9. The summed E-state index contributed by atoms with van der Waals surface area (Å²) in [5.41, 5.74) is 0.389. The Bertz CT molecular complexity index is 1370. The fourth-order valence-electron chi connectivity index (χ4n) is 3.50. The van der Waals surface area contributed by atoms with Crippen LogP contribution in [0.15, 0.2) is 102 Å². The van der Waals surface area contributed by atoms with Crippen LogP contribution in [0.25, 0.3) is 10.8 Å². The van der Waals surface area contributed by atoms with Gasteiger partial charge in [0.15, 0.2) is 0 Å². The van der Waals surface area contributed by atoms with Crippen molar-refractivity contribution in [2.45, 2.75) is 4.90 Å². The van der Waals surface area contributed by atoms with E-state index >= 15 is 0 Å². The maximum absolute atomic E-state index is 13.3. The number of hydrogen-bond acceptors (Lipinski definition) is 4. The van der Waals surface area contributed by atoms with Crippen LogP contribution in [-0.4, -0.2) is 34.0 Å². The number of carbonyl (C=O) groups excluding carboxylic acids is 1. The summed E-state index contributed by atoms with van der Waals surface area (Å²) in [5, 5.41) is 5.22. The molecule has 0 unspecified atom stereocenters. The lowest BCUT2D eigenvalue weighted by atomic mass is 10.1. The first kappa shape index (κ1) is 23.6. The third-order valence-corrected chi connectivity index (χ3v) is 7.20. The number of nitrogens with one attached hydrogen (secondary N) is 1. The Balaban J connectivity index is 1.42. The van der Waals surface area contributed by atoms with E-state index in [2.05, 4.69) is 5.32 Å². The van der Waals surface area contributed by atoms with Crippen LogP contribution in [-0.2, 0) is 14.8 Å². The predicted octanol–water partition coefficient (Wildman–Crippen LogP) is 4.88. The van der Waals surface area contributed by atoms with Crippen LogP contribution >= 0.6 is 11.6 Å². The molecule has 0 aliphatic carbocycles. The highest BCUT2D eigenvalue weighted by molar-refractivity contribution is 7.92. The summed E-state index contributed by atoms with van der Waals surface area (Å²) in [6.45, 7) is 0.101. The summed E-state index contributed by atoms with van der Waals surface area (Å²) in [7, 11) is -3.98. The van der Waals surface area contributed by atoms with Crippen LogP contribution in [0.5, 0.6) is 5.75 Å². The van der Waals surface area contributed by atoms with Gasteiger partial charge in [0.2, 0.25) is 5.91 Å². The normalized spacial score (nSPS) is 11.2. The molecular formula is C26H23ClN2O4S. The minimum absolute atomic E-state index is 0.0489. The molecular weight excluding hydrogens is 472 g/mol. The van der Waals surface area contributed by atoms with E-state index in [0.29, 0.717) is 10.7 Å². The first-order valence-electron chi connectivity index (χ1n) is 10.7. The second-order valence-corrected chi connectivity index (χ2v) is 9.78. The third-order valence-electron chi connectivity index (χ3n) is 5.16. The molecule has 1 amide bonds. The fraction of sp³-hybridized carbons (Fsp3) is 0.115. The lowest BCUT2D eigenvalue weighted by Crippen LogP contribution is -2.41. The van der Waals surface area contributed by atoms with Crippen molar-refractivity contribution in [3.05, 3.63) is 102 Å². The van der Waals surface area contributed by atoms with Crippen LogP contribution in [0.1, 0.15) is 0 Å². The van der Waals surface area contributed by atoms with Gasteiger partial charge in [-0.2, -0.15) is 0 Å². The predicted molar refractivity (Wildman–Crippen MR) is 135 cm³/mol. The molecule has 174 valence electrons. The molecule has 4 rings (SSSR count). The molecule has 4 aromatic carbocycles. The highest BCUT2D eigenvalue weighted by Crippen LogP contribution is 2.26. The number of para-hydroxylation sites is 1. The fourth-order valence-corrected chi connectivity index (χ4v) is 5.05. The van der Waals surface area contributed by atoms with Gasteiger partial charge < -0.3 is 10.1 Å². The average molecular weight is 495 g/mol. The van der Waals surface area contributed by atoms with Gasteiger partial charge in [-0.25, -0.2) is 8.42 Å². The van der Waals surface area contributed by atoms with Gasteiger partial charge in [0.25, 0.3) is 10.0 Å². The Labute approximate surface area is 203 Å². The van der Waals surface area contributed by atoms with E-state index in [1.54, 1.807) is 30.3 Å². The monoisotopic (exact) mass is 494 g/mol. The molecule has 0 bridgehead atoms. The van der Waals surface area contributed by atoms with Gasteiger partial charge >= 0.3 is 0 Å². The van der Waals surface area contributed by atoms with Crippen LogP contribution < -0.4 is 14.4 Å². The van der Waals surface area contributed by atoms with Crippen LogP contribution in [0.3, 0.4) is 0 Å². The van der Waals surface area contributed by atoms with Crippen molar-refractivity contribution in [1.29, 1.82) is 0 Å². The molecule has 6 nitrogen and oxygen atoms in total. The quantitative estimate of drug-likeness (QED) is 0.336. The standard InChI is InChI=1S/C26H23ClN2O4S/c27-21-13-15-23(16-14-21)34(31,32)29(22-9-2-1-3-10-22)19-26(30)28-17-18-33-25-12-6-8-20-7-4-5-11-24(20)25/h1-16H,17-19H2,(H,28,30).